The molecule has 0 aliphatic heterocycles. The zero-order chi connectivity index (χ0) is 14.8. The van der Waals surface area contributed by atoms with Crippen molar-refractivity contribution < 1.29 is 9.47 Å². The number of hydrogen-bond donors (Lipinski definition) is 0. The van der Waals surface area contributed by atoms with Crippen molar-refractivity contribution in [3.8, 4) is 17.2 Å². The summed E-state index contributed by atoms with van der Waals surface area (Å²) in [6.07, 6.45) is 0. The van der Waals surface area contributed by atoms with E-state index < -0.39 is 0 Å². The Hall–Kier alpha value is -1.96. The monoisotopic (exact) mass is 270 g/mol. The molecule has 0 atom stereocenters. The van der Waals surface area contributed by atoms with Crippen LogP contribution in [0.2, 0.25) is 0 Å². The van der Waals surface area contributed by atoms with Gasteiger partial charge in [0, 0.05) is 0 Å². The summed E-state index contributed by atoms with van der Waals surface area (Å²) in [5, 5.41) is 0. The van der Waals surface area contributed by atoms with Crippen molar-refractivity contribution in [2.45, 2.75) is 33.1 Å². The van der Waals surface area contributed by atoms with Crippen LogP contribution in [0.4, 0.5) is 0 Å². The lowest BCUT2D eigenvalue weighted by Crippen LogP contribution is -2.10. The second-order valence-electron chi connectivity index (χ2n) is 6.01. The molecule has 20 heavy (non-hydrogen) atoms. The highest BCUT2D eigenvalue weighted by atomic mass is 16.5. The van der Waals surface area contributed by atoms with Gasteiger partial charge in [-0.25, -0.2) is 0 Å². The van der Waals surface area contributed by atoms with E-state index >= 15 is 0 Å². The lowest BCUT2D eigenvalue weighted by Gasteiger charge is -2.19. The molecule has 0 saturated carbocycles. The van der Waals surface area contributed by atoms with Gasteiger partial charge in [-0.3, -0.25) is 0 Å². The maximum Gasteiger partial charge on any atom is 0.130 e. The summed E-state index contributed by atoms with van der Waals surface area (Å²) in [5.74, 6) is 2.55. The third kappa shape index (κ3) is 3.32. The third-order valence-electron chi connectivity index (χ3n) is 3.33. The molecule has 0 fully saturated rings. The van der Waals surface area contributed by atoms with Crippen molar-refractivity contribution >= 4 is 0 Å². The molecule has 0 heterocycles. The van der Waals surface area contributed by atoms with Crippen molar-refractivity contribution in [1.29, 1.82) is 0 Å². The summed E-state index contributed by atoms with van der Waals surface area (Å²) < 4.78 is 11.1. The fraction of sp³-hybridized carbons (Fsp3) is 0.333. The van der Waals surface area contributed by atoms with E-state index in [4.69, 9.17) is 9.47 Å². The summed E-state index contributed by atoms with van der Waals surface area (Å²) >= 11 is 0. The first kappa shape index (κ1) is 14.4. The Balaban J connectivity index is 2.18. The fourth-order valence-electron chi connectivity index (χ4n) is 2.01. The second-order valence-corrected chi connectivity index (χ2v) is 6.01. The smallest absolute Gasteiger partial charge is 0.130 e. The summed E-state index contributed by atoms with van der Waals surface area (Å²) in [6.45, 7) is 8.63. The fourth-order valence-corrected chi connectivity index (χ4v) is 2.01. The largest absolute Gasteiger partial charge is 0.497 e. The minimum Gasteiger partial charge on any atom is -0.497 e. The van der Waals surface area contributed by atoms with E-state index in [2.05, 4.69) is 32.9 Å². The molecule has 2 nitrogen and oxygen atoms in total. The van der Waals surface area contributed by atoms with Gasteiger partial charge in [0.15, 0.2) is 0 Å². The first-order chi connectivity index (χ1) is 9.40. The molecule has 106 valence electrons. The number of rotatable bonds is 3. The van der Waals surface area contributed by atoms with Gasteiger partial charge in [0.05, 0.1) is 7.11 Å². The normalized spacial score (nSPS) is 11.2. The van der Waals surface area contributed by atoms with Gasteiger partial charge < -0.3 is 9.47 Å². The van der Waals surface area contributed by atoms with Crippen molar-refractivity contribution in [1.82, 2.24) is 0 Å². The zero-order valence-corrected chi connectivity index (χ0v) is 12.9. The van der Waals surface area contributed by atoms with Crippen molar-refractivity contribution in [2.75, 3.05) is 7.11 Å². The molecule has 0 aliphatic rings. The van der Waals surface area contributed by atoms with Gasteiger partial charge in [-0.1, -0.05) is 32.9 Å². The van der Waals surface area contributed by atoms with Crippen molar-refractivity contribution in [2.24, 2.45) is 0 Å². The Kier molecular flexibility index (Phi) is 4.03. The number of hydrogen-bond acceptors (Lipinski definition) is 2. The zero-order valence-electron chi connectivity index (χ0n) is 12.9. The van der Waals surface area contributed by atoms with Crippen LogP contribution in [0.3, 0.4) is 0 Å². The summed E-state index contributed by atoms with van der Waals surface area (Å²) in [7, 11) is 1.67. The van der Waals surface area contributed by atoms with E-state index in [0.717, 1.165) is 22.8 Å². The molecule has 0 unspecified atom stereocenters. The lowest BCUT2D eigenvalue weighted by molar-refractivity contribution is 0.412. The van der Waals surface area contributed by atoms with E-state index in [9.17, 15) is 0 Å². The maximum atomic E-state index is 5.92. The van der Waals surface area contributed by atoms with E-state index in [1.165, 1.54) is 5.56 Å². The Morgan fingerprint density at radius 2 is 1.45 bits per heavy atom. The van der Waals surface area contributed by atoms with E-state index in [1.54, 1.807) is 7.11 Å². The van der Waals surface area contributed by atoms with Crippen LogP contribution in [-0.4, -0.2) is 7.11 Å². The minimum atomic E-state index is 0.161. The Bertz CT molecular complexity index is 577. The Morgan fingerprint density at radius 3 is 1.95 bits per heavy atom. The van der Waals surface area contributed by atoms with Crippen molar-refractivity contribution in [3.63, 3.8) is 0 Å². The van der Waals surface area contributed by atoms with Crippen LogP contribution in [-0.2, 0) is 5.41 Å². The molecule has 0 bridgehead atoms. The second kappa shape index (κ2) is 5.58. The van der Waals surface area contributed by atoms with Gasteiger partial charge in [-0.15, -0.1) is 0 Å². The van der Waals surface area contributed by atoms with Gasteiger partial charge in [-0.2, -0.15) is 0 Å². The molecule has 0 radical (unpaired) electrons. The summed E-state index contributed by atoms with van der Waals surface area (Å²) in [4.78, 5) is 0. The third-order valence-corrected chi connectivity index (χ3v) is 3.33. The van der Waals surface area contributed by atoms with Gasteiger partial charge in [-0.05, 0) is 53.8 Å². The highest BCUT2D eigenvalue weighted by Gasteiger charge is 2.13. The predicted octanol–water partition coefficient (Wildman–Crippen LogP) is 5.09. The number of aryl methyl sites for hydroxylation is 1. The van der Waals surface area contributed by atoms with Crippen LogP contribution < -0.4 is 9.47 Å². The number of benzene rings is 2. The SMILES string of the molecule is COc1ccc(Oc2ccc(C(C)(C)C)cc2)c(C)c1. The van der Waals surface area contributed by atoms with Gasteiger partial charge >= 0.3 is 0 Å². The average molecular weight is 270 g/mol. The molecule has 2 heteroatoms. The standard InChI is InChI=1S/C18H22O2/c1-13-12-16(19-5)10-11-17(13)20-15-8-6-14(7-9-15)18(2,3)4/h6-12H,1-5H3. The molecule has 0 aliphatic carbocycles. The van der Waals surface area contributed by atoms with Crippen LogP contribution in [0, 0.1) is 6.92 Å². The van der Waals surface area contributed by atoms with Crippen LogP contribution in [0.5, 0.6) is 17.2 Å². The lowest BCUT2D eigenvalue weighted by atomic mass is 9.87. The number of ether oxygens (including phenoxy) is 2. The summed E-state index contributed by atoms with van der Waals surface area (Å²) in [6, 6.07) is 14.1. The maximum absolute atomic E-state index is 5.92. The summed E-state index contributed by atoms with van der Waals surface area (Å²) in [5.41, 5.74) is 2.52. The quantitative estimate of drug-likeness (QED) is 0.773. The average Bonchev–Trinajstić information content (AvgIpc) is 2.40. The van der Waals surface area contributed by atoms with E-state index in [0.29, 0.717) is 0 Å². The highest BCUT2D eigenvalue weighted by molar-refractivity contribution is 5.42. The predicted molar refractivity (Wildman–Crippen MR) is 82.9 cm³/mol. The molecule has 0 aromatic heterocycles. The van der Waals surface area contributed by atoms with Crippen LogP contribution in [0.25, 0.3) is 0 Å². The molecular weight excluding hydrogens is 248 g/mol. The molecule has 0 saturated heterocycles. The van der Waals surface area contributed by atoms with Crippen molar-refractivity contribution in [3.05, 3.63) is 53.6 Å². The molecule has 0 spiro atoms. The highest BCUT2D eigenvalue weighted by Crippen LogP contribution is 2.30. The molecule has 2 aromatic rings. The van der Waals surface area contributed by atoms with Crippen LogP contribution >= 0.6 is 0 Å². The van der Waals surface area contributed by atoms with E-state index in [1.807, 2.05) is 37.3 Å². The molecule has 2 aromatic carbocycles. The molecule has 0 N–H and O–H groups in total. The van der Waals surface area contributed by atoms with Gasteiger partial charge in [0.1, 0.15) is 17.2 Å². The van der Waals surface area contributed by atoms with Gasteiger partial charge in [0.25, 0.3) is 0 Å². The van der Waals surface area contributed by atoms with E-state index in [-0.39, 0.29) is 5.41 Å². The Morgan fingerprint density at radius 1 is 0.850 bits per heavy atom. The van der Waals surface area contributed by atoms with Gasteiger partial charge in [0.2, 0.25) is 0 Å². The first-order valence-electron chi connectivity index (χ1n) is 6.83. The minimum absolute atomic E-state index is 0.161. The molecule has 2 rings (SSSR count). The van der Waals surface area contributed by atoms with Crippen LogP contribution in [0.15, 0.2) is 42.5 Å². The topological polar surface area (TPSA) is 18.5 Å². The molecular formula is C18H22O2. The molecule has 0 amide bonds. The first-order valence-corrected chi connectivity index (χ1v) is 6.83. The Labute approximate surface area is 121 Å². The number of methoxy groups -OCH3 is 1. The van der Waals surface area contributed by atoms with Crippen LogP contribution in [0.1, 0.15) is 31.9 Å².